The second-order valence-corrected chi connectivity index (χ2v) is 9.75. The lowest BCUT2D eigenvalue weighted by Gasteiger charge is -2.35. The number of halogens is 1. The van der Waals surface area contributed by atoms with Gasteiger partial charge in [-0.3, -0.25) is 9.11 Å². The van der Waals surface area contributed by atoms with Crippen LogP contribution < -0.4 is 15.0 Å². The van der Waals surface area contributed by atoms with E-state index in [4.69, 9.17) is 20.0 Å². The van der Waals surface area contributed by atoms with Gasteiger partial charge in [0.1, 0.15) is 6.10 Å². The molecule has 0 aliphatic carbocycles. The Hall–Kier alpha value is -2.81. The van der Waals surface area contributed by atoms with Crippen molar-refractivity contribution in [1.29, 1.82) is 5.26 Å². The molecule has 1 N–H and O–H groups in total. The number of nitrogens with zero attached hydrogens (tertiary/aromatic N) is 5. The molecule has 2 aromatic rings. The van der Waals surface area contributed by atoms with E-state index in [1.807, 2.05) is 24.8 Å². The Morgan fingerprint density at radius 1 is 1.29 bits per heavy atom. The molecule has 3 heterocycles. The molecular formula is C23H28FN6O3S-. The van der Waals surface area contributed by atoms with Crippen LogP contribution in [0.2, 0.25) is 0 Å². The molecule has 9 nitrogen and oxygen atoms in total. The molecule has 1 saturated heterocycles. The Bertz CT molecular complexity index is 1100. The summed E-state index contributed by atoms with van der Waals surface area (Å²) in [4.78, 5) is 13.8. The molecule has 0 spiro atoms. The van der Waals surface area contributed by atoms with Gasteiger partial charge in [-0.1, -0.05) is 0 Å². The number of fused-ring (bicyclic) bond motifs is 1. The first kappa shape index (κ1) is 24.3. The first-order chi connectivity index (χ1) is 16.3. The number of ether oxygens (including phenoxy) is 1. The number of piperidine rings is 1. The fourth-order valence-electron chi connectivity index (χ4n) is 4.26. The normalized spacial score (nSPS) is 17.8. The van der Waals surface area contributed by atoms with Crippen LogP contribution >= 0.6 is 0 Å². The van der Waals surface area contributed by atoms with E-state index < -0.39 is 16.9 Å². The Labute approximate surface area is 201 Å². The highest BCUT2D eigenvalue weighted by atomic mass is 32.2. The van der Waals surface area contributed by atoms with Crippen molar-refractivity contribution in [2.45, 2.75) is 51.8 Å². The van der Waals surface area contributed by atoms with Gasteiger partial charge in [-0.2, -0.15) is 5.26 Å². The quantitative estimate of drug-likeness (QED) is 0.588. The maximum absolute atomic E-state index is 14.2. The van der Waals surface area contributed by atoms with E-state index in [0.717, 1.165) is 23.0 Å². The van der Waals surface area contributed by atoms with E-state index in [0.29, 0.717) is 45.4 Å². The third-order valence-corrected chi connectivity index (χ3v) is 6.46. The van der Waals surface area contributed by atoms with Crippen LogP contribution in [0, 0.1) is 17.1 Å². The van der Waals surface area contributed by atoms with Crippen LogP contribution in [0.4, 0.5) is 16.0 Å². The van der Waals surface area contributed by atoms with Crippen molar-refractivity contribution in [3.63, 3.8) is 0 Å². The van der Waals surface area contributed by atoms with E-state index >= 15 is 0 Å². The number of rotatable bonds is 7. The molecule has 0 amide bonds. The third kappa shape index (κ3) is 5.81. The first-order valence-corrected chi connectivity index (χ1v) is 12.6. The lowest BCUT2D eigenvalue weighted by atomic mass is 10.1. The average Bonchev–Trinajstić information content (AvgIpc) is 2.80. The van der Waals surface area contributed by atoms with Crippen LogP contribution in [0.3, 0.4) is 0 Å². The monoisotopic (exact) mass is 487 g/mol. The molecule has 182 valence electrons. The van der Waals surface area contributed by atoms with Crippen molar-refractivity contribution in [2.75, 3.05) is 35.7 Å². The summed E-state index contributed by atoms with van der Waals surface area (Å²) in [6.45, 7) is 6.49. The van der Waals surface area contributed by atoms with Crippen molar-refractivity contribution in [2.24, 2.45) is 0 Å². The maximum Gasteiger partial charge on any atom is 0.172 e. The topological polar surface area (TPSA) is 117 Å². The predicted octanol–water partition coefficient (Wildman–Crippen LogP) is 2.55. The van der Waals surface area contributed by atoms with Crippen LogP contribution in [0.25, 0.3) is 0 Å². The van der Waals surface area contributed by atoms with Gasteiger partial charge >= 0.3 is 0 Å². The zero-order valence-corrected chi connectivity index (χ0v) is 20.1. The number of nitrogens with one attached hydrogen (secondary N) is 1. The van der Waals surface area contributed by atoms with Crippen molar-refractivity contribution in [3.8, 4) is 11.8 Å². The smallest absolute Gasteiger partial charge is 0.172 e. The molecule has 0 bridgehead atoms. The molecule has 2 aliphatic heterocycles. The Balaban J connectivity index is 1.48. The van der Waals surface area contributed by atoms with Gasteiger partial charge in [0.2, 0.25) is 0 Å². The van der Waals surface area contributed by atoms with Crippen LogP contribution in [0.5, 0.6) is 5.75 Å². The average molecular weight is 488 g/mol. The van der Waals surface area contributed by atoms with E-state index in [1.165, 1.54) is 12.1 Å². The van der Waals surface area contributed by atoms with Gasteiger partial charge in [-0.05, 0) is 43.1 Å². The van der Waals surface area contributed by atoms with E-state index in [9.17, 15) is 13.2 Å². The number of anilines is 2. The predicted molar refractivity (Wildman–Crippen MR) is 126 cm³/mol. The Morgan fingerprint density at radius 2 is 2.06 bits per heavy atom. The molecule has 1 fully saturated rings. The van der Waals surface area contributed by atoms with E-state index in [1.54, 1.807) is 6.07 Å². The summed E-state index contributed by atoms with van der Waals surface area (Å²) < 4.78 is 42.4. The SMILES string of the molecule is CC(C)Nc1nc2c(nc1N1CCC(Oc3ccc(C#N)cc3F)CC1)CN(CS(=O)[O-])CC2. The minimum absolute atomic E-state index is 0.0168. The summed E-state index contributed by atoms with van der Waals surface area (Å²) >= 11 is -2.14. The Morgan fingerprint density at radius 3 is 2.71 bits per heavy atom. The summed E-state index contributed by atoms with van der Waals surface area (Å²) in [7, 11) is 0. The highest BCUT2D eigenvalue weighted by Crippen LogP contribution is 2.30. The third-order valence-electron chi connectivity index (χ3n) is 5.88. The molecule has 11 heteroatoms. The first-order valence-electron chi connectivity index (χ1n) is 11.4. The Kier molecular flexibility index (Phi) is 7.60. The second kappa shape index (κ2) is 10.6. The number of nitriles is 1. The number of aromatic nitrogens is 2. The number of hydrogen-bond acceptors (Lipinski definition) is 9. The molecule has 1 aromatic carbocycles. The van der Waals surface area contributed by atoms with Gasteiger partial charge in [0.15, 0.2) is 23.2 Å². The van der Waals surface area contributed by atoms with Crippen molar-refractivity contribution in [3.05, 3.63) is 41.0 Å². The maximum atomic E-state index is 14.2. The highest BCUT2D eigenvalue weighted by Gasteiger charge is 2.28. The lowest BCUT2D eigenvalue weighted by Crippen LogP contribution is -2.40. The zero-order valence-electron chi connectivity index (χ0n) is 19.3. The molecule has 1 unspecified atom stereocenters. The van der Waals surface area contributed by atoms with Crippen LogP contribution in [0.1, 0.15) is 43.6 Å². The molecule has 4 rings (SSSR count). The minimum atomic E-state index is -2.14. The van der Waals surface area contributed by atoms with Gasteiger partial charge in [-0.25, -0.2) is 14.4 Å². The van der Waals surface area contributed by atoms with Crippen LogP contribution in [-0.2, 0) is 24.0 Å². The van der Waals surface area contributed by atoms with Gasteiger partial charge in [0, 0.05) is 51.5 Å². The molecule has 1 aromatic heterocycles. The van der Waals surface area contributed by atoms with E-state index in [-0.39, 0.29) is 29.3 Å². The minimum Gasteiger partial charge on any atom is -0.771 e. The van der Waals surface area contributed by atoms with Gasteiger partial charge in [0.05, 0.1) is 28.9 Å². The summed E-state index contributed by atoms with van der Waals surface area (Å²) in [6.07, 6.45) is 1.87. The summed E-state index contributed by atoms with van der Waals surface area (Å²) in [5.41, 5.74) is 1.96. The summed E-state index contributed by atoms with van der Waals surface area (Å²) in [5.74, 6) is 1.09. The molecule has 2 aliphatic rings. The fraction of sp³-hybridized carbons (Fsp3) is 0.522. The number of hydrogen-bond donors (Lipinski definition) is 1. The largest absolute Gasteiger partial charge is 0.771 e. The fourth-order valence-corrected chi connectivity index (χ4v) is 4.78. The lowest BCUT2D eigenvalue weighted by molar-refractivity contribution is 0.163. The molecule has 0 radical (unpaired) electrons. The second-order valence-electron chi connectivity index (χ2n) is 8.88. The van der Waals surface area contributed by atoms with Crippen molar-refractivity contribution >= 4 is 22.7 Å². The van der Waals surface area contributed by atoms with Crippen LogP contribution in [-0.4, -0.2) is 61.3 Å². The molecule has 34 heavy (non-hydrogen) atoms. The standard InChI is InChI=1S/C23H29FN6O3S/c1-15(2)26-22-23(28-20-13-29(14-34(31)32)8-7-19(20)27-22)30-9-5-17(6-10-30)33-21-4-3-16(12-25)11-18(21)24/h3-4,11,15,17H,5-10,13-14H2,1-2H3,(H,26,27)(H,31,32)/p-1. The number of benzene rings is 1. The zero-order chi connectivity index (χ0) is 24.2. The van der Waals surface area contributed by atoms with Gasteiger partial charge in [-0.15, -0.1) is 0 Å². The van der Waals surface area contributed by atoms with Crippen molar-refractivity contribution in [1.82, 2.24) is 14.9 Å². The van der Waals surface area contributed by atoms with E-state index in [2.05, 4.69) is 10.2 Å². The molecule has 1 atom stereocenters. The van der Waals surface area contributed by atoms with Crippen molar-refractivity contribution < 1.29 is 17.9 Å². The van der Waals surface area contributed by atoms with Gasteiger partial charge < -0.3 is 19.5 Å². The molecular weight excluding hydrogens is 459 g/mol. The van der Waals surface area contributed by atoms with Gasteiger partial charge in [0.25, 0.3) is 0 Å². The highest BCUT2D eigenvalue weighted by molar-refractivity contribution is 7.79. The summed E-state index contributed by atoms with van der Waals surface area (Å²) in [5, 5.41) is 12.3. The summed E-state index contributed by atoms with van der Waals surface area (Å²) in [6, 6.07) is 6.33. The molecule has 0 saturated carbocycles. The van der Waals surface area contributed by atoms with Crippen LogP contribution in [0.15, 0.2) is 18.2 Å².